The van der Waals surface area contributed by atoms with Gasteiger partial charge in [-0.1, -0.05) is 44.4 Å². The molecule has 22 heavy (non-hydrogen) atoms. The average Bonchev–Trinajstić information content (AvgIpc) is 2.51. The number of benzene rings is 1. The van der Waals surface area contributed by atoms with Crippen LogP contribution in [0.5, 0.6) is 11.5 Å². The van der Waals surface area contributed by atoms with Gasteiger partial charge in [-0.15, -0.1) is 0 Å². The van der Waals surface area contributed by atoms with Crippen LogP contribution in [0.15, 0.2) is 30.4 Å². The van der Waals surface area contributed by atoms with Gasteiger partial charge in [0.2, 0.25) is 0 Å². The molecular formula is C20H32O2. The van der Waals surface area contributed by atoms with Crippen molar-refractivity contribution < 1.29 is 9.47 Å². The Hall–Kier alpha value is -1.44. The zero-order valence-corrected chi connectivity index (χ0v) is 14.7. The highest BCUT2D eigenvalue weighted by molar-refractivity contribution is 5.42. The summed E-state index contributed by atoms with van der Waals surface area (Å²) in [6, 6.07) is 6.16. The highest BCUT2D eigenvalue weighted by Crippen LogP contribution is 2.30. The predicted octanol–water partition coefficient (Wildman–Crippen LogP) is 6.08. The van der Waals surface area contributed by atoms with Gasteiger partial charge < -0.3 is 9.47 Å². The third kappa shape index (κ3) is 7.02. The highest BCUT2D eigenvalue weighted by Gasteiger charge is 2.13. The maximum absolute atomic E-state index is 6.29. The van der Waals surface area contributed by atoms with Gasteiger partial charge in [-0.3, -0.25) is 0 Å². The van der Waals surface area contributed by atoms with Gasteiger partial charge >= 0.3 is 0 Å². The van der Waals surface area contributed by atoms with Crippen LogP contribution in [-0.2, 0) is 0 Å². The molecule has 0 aliphatic heterocycles. The highest BCUT2D eigenvalue weighted by atomic mass is 16.5. The van der Waals surface area contributed by atoms with E-state index < -0.39 is 0 Å². The van der Waals surface area contributed by atoms with Crippen molar-refractivity contribution in [2.45, 2.75) is 72.3 Å². The quantitative estimate of drug-likeness (QED) is 0.364. The van der Waals surface area contributed by atoms with E-state index in [1.807, 2.05) is 13.0 Å². The smallest absolute Gasteiger partial charge is 0.161 e. The number of aryl methyl sites for hydroxylation is 1. The summed E-state index contributed by atoms with van der Waals surface area (Å²) < 4.78 is 12.0. The van der Waals surface area contributed by atoms with Gasteiger partial charge in [-0.2, -0.15) is 0 Å². The minimum Gasteiger partial charge on any atom is -0.490 e. The van der Waals surface area contributed by atoms with Crippen LogP contribution in [-0.4, -0.2) is 12.7 Å². The lowest BCUT2D eigenvalue weighted by Gasteiger charge is -2.20. The summed E-state index contributed by atoms with van der Waals surface area (Å²) in [5.41, 5.74) is 1.20. The predicted molar refractivity (Wildman–Crippen MR) is 95.0 cm³/mol. The lowest BCUT2D eigenvalue weighted by Crippen LogP contribution is -2.16. The van der Waals surface area contributed by atoms with Crippen molar-refractivity contribution in [3.8, 4) is 11.5 Å². The molecule has 1 unspecified atom stereocenters. The second kappa shape index (κ2) is 11.2. The second-order valence-corrected chi connectivity index (χ2v) is 5.78. The molecule has 1 aromatic carbocycles. The number of hydrogen-bond acceptors (Lipinski definition) is 2. The summed E-state index contributed by atoms with van der Waals surface area (Å²) >= 11 is 0. The molecule has 0 saturated heterocycles. The molecule has 0 aliphatic rings. The van der Waals surface area contributed by atoms with Gasteiger partial charge in [0.1, 0.15) is 6.10 Å². The summed E-state index contributed by atoms with van der Waals surface area (Å²) in [5, 5.41) is 0. The van der Waals surface area contributed by atoms with Crippen molar-refractivity contribution in [2.75, 3.05) is 6.61 Å². The Balaban J connectivity index is 2.72. The number of hydrogen-bond donors (Lipinski definition) is 0. The maximum atomic E-state index is 6.29. The Morgan fingerprint density at radius 1 is 1.09 bits per heavy atom. The van der Waals surface area contributed by atoms with E-state index in [-0.39, 0.29) is 6.10 Å². The van der Waals surface area contributed by atoms with Gasteiger partial charge in [-0.25, -0.2) is 0 Å². The van der Waals surface area contributed by atoms with Crippen molar-refractivity contribution in [1.82, 2.24) is 0 Å². The summed E-state index contributed by atoms with van der Waals surface area (Å²) in [7, 11) is 0. The first-order valence-corrected chi connectivity index (χ1v) is 8.72. The molecule has 0 radical (unpaired) electrons. The lowest BCUT2D eigenvalue weighted by molar-refractivity contribution is 0.179. The SMILES string of the molecule is CC=CCC(CCCCCC)Oc1cc(C)ccc1OCC. The van der Waals surface area contributed by atoms with E-state index in [0.29, 0.717) is 6.61 Å². The Morgan fingerprint density at radius 2 is 1.91 bits per heavy atom. The summed E-state index contributed by atoms with van der Waals surface area (Å²) in [6.45, 7) is 9.06. The number of allylic oxidation sites excluding steroid dienone is 1. The van der Waals surface area contributed by atoms with Crippen LogP contribution in [0.3, 0.4) is 0 Å². The molecule has 0 fully saturated rings. The lowest BCUT2D eigenvalue weighted by atomic mass is 10.1. The molecule has 0 amide bonds. The molecule has 1 atom stereocenters. The zero-order valence-electron chi connectivity index (χ0n) is 14.7. The number of rotatable bonds is 11. The fraction of sp³-hybridized carbons (Fsp3) is 0.600. The standard InChI is InChI=1S/C20H32O2/c1-5-8-10-11-13-18(12-9-6-2)22-20-16-17(4)14-15-19(20)21-7-3/h6,9,14-16,18H,5,7-8,10-13H2,1-4H3. The molecule has 0 bridgehead atoms. The third-order valence-electron chi connectivity index (χ3n) is 3.71. The molecule has 124 valence electrons. The minimum atomic E-state index is 0.231. The van der Waals surface area contributed by atoms with Gasteiger partial charge in [0, 0.05) is 6.42 Å². The maximum Gasteiger partial charge on any atom is 0.161 e. The summed E-state index contributed by atoms with van der Waals surface area (Å²) in [4.78, 5) is 0. The van der Waals surface area contributed by atoms with Crippen LogP contribution in [0, 0.1) is 6.92 Å². The van der Waals surface area contributed by atoms with Gasteiger partial charge in [0.15, 0.2) is 11.5 Å². The van der Waals surface area contributed by atoms with Crippen molar-refractivity contribution in [3.05, 3.63) is 35.9 Å². The summed E-state index contributed by atoms with van der Waals surface area (Å²) in [6.07, 6.45) is 11.7. The van der Waals surface area contributed by atoms with Crippen LogP contribution < -0.4 is 9.47 Å². The van der Waals surface area contributed by atoms with Crippen molar-refractivity contribution in [1.29, 1.82) is 0 Å². The van der Waals surface area contributed by atoms with Crippen molar-refractivity contribution >= 4 is 0 Å². The summed E-state index contributed by atoms with van der Waals surface area (Å²) in [5.74, 6) is 1.74. The zero-order chi connectivity index (χ0) is 16.2. The largest absolute Gasteiger partial charge is 0.490 e. The first kappa shape index (κ1) is 18.6. The second-order valence-electron chi connectivity index (χ2n) is 5.78. The van der Waals surface area contributed by atoms with Crippen LogP contribution in [0.1, 0.15) is 64.9 Å². The molecule has 1 aromatic rings. The van der Waals surface area contributed by atoms with E-state index in [1.54, 1.807) is 0 Å². The molecule has 0 N–H and O–H groups in total. The molecule has 2 nitrogen and oxygen atoms in total. The minimum absolute atomic E-state index is 0.231. The molecule has 0 heterocycles. The molecule has 0 spiro atoms. The van der Waals surface area contributed by atoms with E-state index in [2.05, 4.69) is 45.1 Å². The Labute approximate surface area is 136 Å². The van der Waals surface area contributed by atoms with Crippen LogP contribution >= 0.6 is 0 Å². The van der Waals surface area contributed by atoms with Gasteiger partial charge in [0.05, 0.1) is 6.61 Å². The first-order chi connectivity index (χ1) is 10.7. The number of unbranched alkanes of at least 4 members (excludes halogenated alkanes) is 3. The molecule has 0 aliphatic carbocycles. The first-order valence-electron chi connectivity index (χ1n) is 8.72. The van der Waals surface area contributed by atoms with Crippen LogP contribution in [0.2, 0.25) is 0 Å². The topological polar surface area (TPSA) is 18.5 Å². The molecular weight excluding hydrogens is 272 g/mol. The third-order valence-corrected chi connectivity index (χ3v) is 3.71. The fourth-order valence-corrected chi connectivity index (χ4v) is 2.47. The van der Waals surface area contributed by atoms with Crippen molar-refractivity contribution in [2.24, 2.45) is 0 Å². The van der Waals surface area contributed by atoms with Crippen LogP contribution in [0.4, 0.5) is 0 Å². The van der Waals surface area contributed by atoms with E-state index in [0.717, 1.165) is 24.3 Å². The molecule has 0 saturated carbocycles. The van der Waals surface area contributed by atoms with E-state index in [1.165, 1.54) is 31.2 Å². The molecule has 2 heteroatoms. The monoisotopic (exact) mass is 304 g/mol. The molecule has 1 rings (SSSR count). The van der Waals surface area contributed by atoms with Gasteiger partial charge in [0.25, 0.3) is 0 Å². The Bertz CT molecular complexity index is 437. The van der Waals surface area contributed by atoms with E-state index >= 15 is 0 Å². The Kier molecular flexibility index (Phi) is 9.45. The van der Waals surface area contributed by atoms with Gasteiger partial charge in [-0.05, 0) is 51.3 Å². The van der Waals surface area contributed by atoms with E-state index in [9.17, 15) is 0 Å². The van der Waals surface area contributed by atoms with Crippen LogP contribution in [0.25, 0.3) is 0 Å². The number of ether oxygens (including phenoxy) is 2. The molecule has 0 aromatic heterocycles. The van der Waals surface area contributed by atoms with E-state index in [4.69, 9.17) is 9.47 Å². The Morgan fingerprint density at radius 3 is 2.59 bits per heavy atom. The average molecular weight is 304 g/mol. The van der Waals surface area contributed by atoms with Crippen molar-refractivity contribution in [3.63, 3.8) is 0 Å². The normalized spacial score (nSPS) is 12.5. The fourth-order valence-electron chi connectivity index (χ4n) is 2.47.